The highest BCUT2D eigenvalue weighted by atomic mass is 15.5. The molecule has 0 aromatic carbocycles. The summed E-state index contributed by atoms with van der Waals surface area (Å²) >= 11 is 0. The normalized spacial score (nSPS) is 14.9. The molecule has 0 saturated carbocycles. The van der Waals surface area contributed by atoms with Crippen molar-refractivity contribution in [1.82, 2.24) is 15.0 Å². The lowest BCUT2D eigenvalue weighted by Crippen LogP contribution is -2.02. The third kappa shape index (κ3) is 0.607. The zero-order valence-corrected chi connectivity index (χ0v) is 5.54. The summed E-state index contributed by atoms with van der Waals surface area (Å²) in [6.45, 7) is 2.31. The molecule has 54 valence electrons. The molecule has 0 saturated heterocycles. The van der Waals surface area contributed by atoms with Gasteiger partial charge in [-0.05, 0) is 0 Å². The number of nitrogens with two attached hydrogens (primary N) is 1. The zero-order valence-electron chi connectivity index (χ0n) is 5.54. The number of hydrogen-bond acceptors (Lipinski definition) is 4. The van der Waals surface area contributed by atoms with Gasteiger partial charge in [0, 0.05) is 13.1 Å². The number of fused-ring (bicyclic) bond motifs is 1. The Morgan fingerprint density at radius 3 is 3.40 bits per heavy atom. The molecule has 0 unspecified atom stereocenters. The van der Waals surface area contributed by atoms with Gasteiger partial charge in [0.15, 0.2) is 0 Å². The molecule has 1 aromatic rings. The smallest absolute Gasteiger partial charge is 0.149 e. The Morgan fingerprint density at radius 2 is 2.60 bits per heavy atom. The summed E-state index contributed by atoms with van der Waals surface area (Å²) in [5.74, 6) is 0.988. The summed E-state index contributed by atoms with van der Waals surface area (Å²) in [5.41, 5.74) is 6.27. The molecule has 2 heterocycles. The van der Waals surface area contributed by atoms with E-state index in [-0.39, 0.29) is 0 Å². The molecule has 1 aromatic heterocycles. The van der Waals surface area contributed by atoms with Gasteiger partial charge in [-0.3, -0.25) is 0 Å². The Labute approximate surface area is 58.2 Å². The van der Waals surface area contributed by atoms with E-state index in [0.29, 0.717) is 6.54 Å². The standard InChI is InChI=1S/C5H9N5/c6-3-4-5-7-1-2-10(5)9-8-4/h7H,1-3,6H2. The molecule has 0 aliphatic carbocycles. The van der Waals surface area contributed by atoms with Crippen LogP contribution in [0.25, 0.3) is 0 Å². The Bertz CT molecular complexity index is 240. The lowest BCUT2D eigenvalue weighted by atomic mass is 10.4. The summed E-state index contributed by atoms with van der Waals surface area (Å²) in [6.07, 6.45) is 0. The van der Waals surface area contributed by atoms with Crippen LogP contribution in [0.5, 0.6) is 0 Å². The molecule has 5 nitrogen and oxygen atoms in total. The van der Waals surface area contributed by atoms with Gasteiger partial charge < -0.3 is 11.1 Å². The minimum absolute atomic E-state index is 0.461. The van der Waals surface area contributed by atoms with Crippen molar-refractivity contribution in [3.8, 4) is 0 Å². The molecule has 2 rings (SSSR count). The molecule has 0 bridgehead atoms. The van der Waals surface area contributed by atoms with E-state index in [4.69, 9.17) is 5.73 Å². The maximum atomic E-state index is 5.41. The van der Waals surface area contributed by atoms with Crippen LogP contribution < -0.4 is 11.1 Å². The lowest BCUT2D eigenvalue weighted by Gasteiger charge is -1.92. The van der Waals surface area contributed by atoms with Crippen LogP contribution >= 0.6 is 0 Å². The maximum absolute atomic E-state index is 5.41. The lowest BCUT2D eigenvalue weighted by molar-refractivity contribution is 0.653. The second-order valence-corrected chi connectivity index (χ2v) is 2.24. The van der Waals surface area contributed by atoms with E-state index in [0.717, 1.165) is 24.6 Å². The highest BCUT2D eigenvalue weighted by Gasteiger charge is 2.15. The summed E-state index contributed by atoms with van der Waals surface area (Å²) in [5, 5.41) is 10.9. The van der Waals surface area contributed by atoms with Crippen molar-refractivity contribution in [3.63, 3.8) is 0 Å². The van der Waals surface area contributed by atoms with Gasteiger partial charge in [-0.15, -0.1) is 5.10 Å². The summed E-state index contributed by atoms with van der Waals surface area (Å²) in [4.78, 5) is 0. The average Bonchev–Trinajstić information content (AvgIpc) is 2.44. The van der Waals surface area contributed by atoms with Crippen molar-refractivity contribution in [2.75, 3.05) is 11.9 Å². The van der Waals surface area contributed by atoms with Crippen LogP contribution in [-0.4, -0.2) is 21.5 Å². The first-order chi connectivity index (χ1) is 4.92. The molecule has 0 spiro atoms. The minimum Gasteiger partial charge on any atom is -0.367 e. The number of hydrogen-bond donors (Lipinski definition) is 2. The predicted octanol–water partition coefficient (Wildman–Crippen LogP) is -0.838. The molecule has 0 atom stereocenters. The van der Waals surface area contributed by atoms with Crippen LogP contribution in [0.1, 0.15) is 5.69 Å². The first kappa shape index (κ1) is 5.67. The van der Waals surface area contributed by atoms with Gasteiger partial charge in [-0.1, -0.05) is 5.21 Å². The fraction of sp³-hybridized carbons (Fsp3) is 0.600. The average molecular weight is 139 g/mol. The van der Waals surface area contributed by atoms with Crippen molar-refractivity contribution in [3.05, 3.63) is 5.69 Å². The van der Waals surface area contributed by atoms with E-state index < -0.39 is 0 Å². The number of anilines is 1. The van der Waals surface area contributed by atoms with Gasteiger partial charge in [0.2, 0.25) is 0 Å². The molecule has 5 heteroatoms. The molecule has 1 aliphatic heterocycles. The predicted molar refractivity (Wildman–Crippen MR) is 36.4 cm³/mol. The van der Waals surface area contributed by atoms with Gasteiger partial charge in [0.05, 0.1) is 6.54 Å². The molecular formula is C5H9N5. The topological polar surface area (TPSA) is 68.8 Å². The van der Waals surface area contributed by atoms with E-state index >= 15 is 0 Å². The van der Waals surface area contributed by atoms with Crippen molar-refractivity contribution in [2.45, 2.75) is 13.1 Å². The monoisotopic (exact) mass is 139 g/mol. The number of rotatable bonds is 1. The van der Waals surface area contributed by atoms with Crippen LogP contribution in [0.4, 0.5) is 5.82 Å². The van der Waals surface area contributed by atoms with Crippen molar-refractivity contribution in [2.24, 2.45) is 5.73 Å². The van der Waals surface area contributed by atoms with E-state index in [2.05, 4.69) is 15.6 Å². The Morgan fingerprint density at radius 1 is 1.70 bits per heavy atom. The van der Waals surface area contributed by atoms with Crippen LogP contribution in [0.15, 0.2) is 0 Å². The first-order valence-corrected chi connectivity index (χ1v) is 3.28. The minimum atomic E-state index is 0.461. The first-order valence-electron chi connectivity index (χ1n) is 3.28. The maximum Gasteiger partial charge on any atom is 0.149 e. The molecule has 10 heavy (non-hydrogen) atoms. The highest BCUT2D eigenvalue weighted by molar-refractivity contribution is 5.42. The molecule has 0 radical (unpaired) electrons. The quantitative estimate of drug-likeness (QED) is 0.532. The van der Waals surface area contributed by atoms with E-state index in [1.165, 1.54) is 0 Å². The fourth-order valence-electron chi connectivity index (χ4n) is 1.12. The van der Waals surface area contributed by atoms with Crippen LogP contribution in [-0.2, 0) is 13.1 Å². The van der Waals surface area contributed by atoms with Crippen LogP contribution in [0.3, 0.4) is 0 Å². The van der Waals surface area contributed by atoms with Gasteiger partial charge >= 0.3 is 0 Å². The number of nitrogens with zero attached hydrogens (tertiary/aromatic N) is 3. The van der Waals surface area contributed by atoms with Crippen molar-refractivity contribution < 1.29 is 0 Å². The summed E-state index contributed by atoms with van der Waals surface area (Å²) < 4.78 is 1.84. The van der Waals surface area contributed by atoms with Crippen LogP contribution in [0.2, 0.25) is 0 Å². The third-order valence-electron chi connectivity index (χ3n) is 1.61. The second kappa shape index (κ2) is 1.95. The highest BCUT2D eigenvalue weighted by Crippen LogP contribution is 2.15. The molecule has 0 fully saturated rings. The largest absolute Gasteiger partial charge is 0.367 e. The van der Waals surface area contributed by atoms with Crippen LogP contribution in [0, 0.1) is 0 Å². The SMILES string of the molecule is NCc1nnn2c1NCC2. The second-order valence-electron chi connectivity index (χ2n) is 2.24. The summed E-state index contributed by atoms with van der Waals surface area (Å²) in [7, 11) is 0. The Balaban J connectivity index is 2.44. The van der Waals surface area contributed by atoms with Crippen molar-refractivity contribution >= 4 is 5.82 Å². The molecular weight excluding hydrogens is 130 g/mol. The Hall–Kier alpha value is -1.10. The number of nitrogens with one attached hydrogen (secondary N) is 1. The van der Waals surface area contributed by atoms with Gasteiger partial charge in [-0.2, -0.15) is 0 Å². The van der Waals surface area contributed by atoms with E-state index in [1.54, 1.807) is 0 Å². The third-order valence-corrected chi connectivity index (χ3v) is 1.61. The van der Waals surface area contributed by atoms with E-state index in [9.17, 15) is 0 Å². The molecule has 1 aliphatic rings. The van der Waals surface area contributed by atoms with Gasteiger partial charge in [0.25, 0.3) is 0 Å². The fourth-order valence-corrected chi connectivity index (χ4v) is 1.12. The Kier molecular flexibility index (Phi) is 1.10. The van der Waals surface area contributed by atoms with E-state index in [1.807, 2.05) is 4.68 Å². The van der Waals surface area contributed by atoms with Gasteiger partial charge in [0.1, 0.15) is 11.5 Å². The van der Waals surface area contributed by atoms with Gasteiger partial charge in [-0.25, -0.2) is 4.68 Å². The molecule has 3 N–H and O–H groups in total. The summed E-state index contributed by atoms with van der Waals surface area (Å²) in [6, 6.07) is 0. The molecule has 0 amide bonds. The number of aromatic nitrogens is 3. The van der Waals surface area contributed by atoms with Crippen molar-refractivity contribution in [1.29, 1.82) is 0 Å². The zero-order chi connectivity index (χ0) is 6.97.